The number of allylic oxidation sites excluding steroid dienone is 6. The molecular formula is C38H70NO8P. The first kappa shape index (κ1) is 46.2. The predicted octanol–water partition coefficient (Wildman–Crippen LogP) is 9.82. The molecule has 0 aromatic rings. The number of rotatable bonds is 35. The number of esters is 1. The highest BCUT2D eigenvalue weighted by Gasteiger charge is 2.23. The third kappa shape index (κ3) is 35.5. The third-order valence-corrected chi connectivity index (χ3v) is 8.82. The van der Waals surface area contributed by atoms with E-state index in [9.17, 15) is 24.2 Å². The van der Waals surface area contributed by atoms with Crippen molar-refractivity contribution in [2.45, 2.75) is 168 Å². The lowest BCUT2D eigenvalue weighted by Crippen LogP contribution is -2.27. The van der Waals surface area contributed by atoms with Gasteiger partial charge in [-0.2, -0.15) is 0 Å². The average molecular weight is 700 g/mol. The first-order chi connectivity index (χ1) is 23.3. The summed E-state index contributed by atoms with van der Waals surface area (Å²) >= 11 is 0. The van der Waals surface area contributed by atoms with Crippen LogP contribution in [0.1, 0.15) is 162 Å². The van der Waals surface area contributed by atoms with E-state index in [1.54, 1.807) is 0 Å². The molecule has 0 aromatic heterocycles. The molecule has 0 heterocycles. The van der Waals surface area contributed by atoms with Crippen molar-refractivity contribution in [3.8, 4) is 0 Å². The maximum absolute atomic E-state index is 12.0. The van der Waals surface area contributed by atoms with Crippen LogP contribution in [0.5, 0.6) is 0 Å². The standard InChI is InChI=1S/C38H70NO8P/c1-3-5-7-9-11-13-15-17-18-19-20-22-24-26-28-30-37(41)39-32-33-46-48(43,44)47-35-36(40)34-45-38(42)31-29-27-25-23-21-16-14-12-10-8-6-4-2/h5,7,11,13,17-18,36,40H,3-4,6,8-10,12,14-16,19-35H2,1-2H3,(H,39,41)(H,43,44)/b7-5-,13-11-,18-17-. The van der Waals surface area contributed by atoms with E-state index in [1.807, 2.05) is 0 Å². The minimum Gasteiger partial charge on any atom is -0.463 e. The maximum Gasteiger partial charge on any atom is 0.472 e. The number of aliphatic hydroxyl groups is 1. The van der Waals surface area contributed by atoms with Gasteiger partial charge in [0.15, 0.2) is 0 Å². The zero-order valence-corrected chi connectivity index (χ0v) is 31.3. The Bertz CT molecular complexity index is 892. The molecule has 0 radical (unpaired) electrons. The van der Waals surface area contributed by atoms with Crippen LogP contribution in [0.3, 0.4) is 0 Å². The maximum atomic E-state index is 12.0. The van der Waals surface area contributed by atoms with Gasteiger partial charge in [0.1, 0.15) is 12.7 Å². The summed E-state index contributed by atoms with van der Waals surface area (Å²) in [5, 5.41) is 12.6. The quantitative estimate of drug-likeness (QED) is 0.0258. The summed E-state index contributed by atoms with van der Waals surface area (Å²) < 4.78 is 26.7. The van der Waals surface area contributed by atoms with E-state index in [0.717, 1.165) is 77.0 Å². The Hall–Kier alpha value is -1.77. The minimum absolute atomic E-state index is 0.0724. The van der Waals surface area contributed by atoms with Gasteiger partial charge in [-0.15, -0.1) is 0 Å². The molecule has 0 aromatic carbocycles. The second-order valence-corrected chi connectivity index (χ2v) is 14.0. The molecule has 0 bridgehead atoms. The van der Waals surface area contributed by atoms with Crippen LogP contribution in [0, 0.1) is 0 Å². The highest BCUT2D eigenvalue weighted by molar-refractivity contribution is 7.47. The van der Waals surface area contributed by atoms with Gasteiger partial charge in [0.25, 0.3) is 0 Å². The number of carbonyl (C=O) groups excluding carboxylic acids is 2. The van der Waals surface area contributed by atoms with Gasteiger partial charge in [-0.3, -0.25) is 18.6 Å². The molecule has 0 spiro atoms. The Balaban J connectivity index is 3.65. The fourth-order valence-electron chi connectivity index (χ4n) is 4.98. The molecule has 0 aliphatic carbocycles. The largest absolute Gasteiger partial charge is 0.472 e. The van der Waals surface area contributed by atoms with Crippen LogP contribution in [-0.2, 0) is 27.9 Å². The number of ether oxygens (including phenoxy) is 1. The highest BCUT2D eigenvalue weighted by atomic mass is 31.2. The lowest BCUT2D eigenvalue weighted by molar-refractivity contribution is -0.147. The van der Waals surface area contributed by atoms with Crippen molar-refractivity contribution in [1.82, 2.24) is 5.32 Å². The fourth-order valence-corrected chi connectivity index (χ4v) is 5.74. The summed E-state index contributed by atoms with van der Waals surface area (Å²) in [7, 11) is -4.41. The van der Waals surface area contributed by atoms with Crippen molar-refractivity contribution in [1.29, 1.82) is 0 Å². The first-order valence-electron chi connectivity index (χ1n) is 19.0. The van der Waals surface area contributed by atoms with Gasteiger partial charge in [0.2, 0.25) is 5.91 Å². The van der Waals surface area contributed by atoms with Crippen LogP contribution in [0.25, 0.3) is 0 Å². The number of nitrogens with one attached hydrogen (secondary N) is 1. The molecule has 0 aliphatic heterocycles. The number of aliphatic hydroxyl groups excluding tert-OH is 1. The third-order valence-electron chi connectivity index (χ3n) is 7.83. The molecule has 280 valence electrons. The lowest BCUT2D eigenvalue weighted by atomic mass is 10.0. The summed E-state index contributed by atoms with van der Waals surface area (Å²) in [6.07, 6.45) is 36.4. The Morgan fingerprint density at radius 1 is 0.667 bits per heavy atom. The van der Waals surface area contributed by atoms with E-state index >= 15 is 0 Å². The second kappa shape index (κ2) is 35.1. The predicted molar refractivity (Wildman–Crippen MR) is 197 cm³/mol. The van der Waals surface area contributed by atoms with E-state index in [1.165, 1.54) is 57.8 Å². The molecule has 0 aliphatic rings. The molecule has 0 rings (SSSR count). The zero-order chi connectivity index (χ0) is 35.4. The van der Waals surface area contributed by atoms with E-state index in [2.05, 4.69) is 55.6 Å². The highest BCUT2D eigenvalue weighted by Crippen LogP contribution is 2.42. The lowest BCUT2D eigenvalue weighted by Gasteiger charge is -2.15. The molecule has 1 amide bonds. The summed E-state index contributed by atoms with van der Waals surface area (Å²) in [5.74, 6) is -0.534. The van der Waals surface area contributed by atoms with Crippen LogP contribution >= 0.6 is 7.82 Å². The van der Waals surface area contributed by atoms with Crippen molar-refractivity contribution >= 4 is 19.7 Å². The van der Waals surface area contributed by atoms with Crippen LogP contribution in [-0.4, -0.2) is 54.3 Å². The monoisotopic (exact) mass is 699 g/mol. The number of carbonyl (C=O) groups is 2. The zero-order valence-electron chi connectivity index (χ0n) is 30.4. The van der Waals surface area contributed by atoms with Gasteiger partial charge in [-0.25, -0.2) is 4.57 Å². The Morgan fingerprint density at radius 2 is 1.19 bits per heavy atom. The topological polar surface area (TPSA) is 131 Å². The number of phosphoric acid groups is 1. The molecule has 3 N–H and O–H groups in total. The van der Waals surface area contributed by atoms with Gasteiger partial charge in [-0.1, -0.05) is 140 Å². The molecule has 0 saturated carbocycles. The molecule has 2 atom stereocenters. The van der Waals surface area contributed by atoms with Crippen LogP contribution in [0.4, 0.5) is 0 Å². The van der Waals surface area contributed by atoms with Gasteiger partial charge >= 0.3 is 13.8 Å². The van der Waals surface area contributed by atoms with Crippen molar-refractivity contribution in [3.05, 3.63) is 36.5 Å². The van der Waals surface area contributed by atoms with Crippen molar-refractivity contribution < 1.29 is 37.9 Å². The smallest absolute Gasteiger partial charge is 0.463 e. The van der Waals surface area contributed by atoms with Gasteiger partial charge in [-0.05, 0) is 44.9 Å². The number of hydrogen-bond acceptors (Lipinski definition) is 7. The first-order valence-corrected chi connectivity index (χ1v) is 20.5. The minimum atomic E-state index is -4.41. The Morgan fingerprint density at radius 3 is 1.79 bits per heavy atom. The Labute approximate surface area is 293 Å². The van der Waals surface area contributed by atoms with Gasteiger partial charge in [0.05, 0.1) is 13.2 Å². The molecular weight excluding hydrogens is 629 g/mol. The van der Waals surface area contributed by atoms with E-state index in [4.69, 9.17) is 13.8 Å². The van der Waals surface area contributed by atoms with Crippen molar-refractivity contribution in [3.63, 3.8) is 0 Å². The number of phosphoric ester groups is 1. The van der Waals surface area contributed by atoms with E-state index in [-0.39, 0.29) is 32.1 Å². The van der Waals surface area contributed by atoms with Crippen LogP contribution < -0.4 is 5.32 Å². The van der Waals surface area contributed by atoms with Crippen LogP contribution in [0.2, 0.25) is 0 Å². The molecule has 10 heteroatoms. The summed E-state index contributed by atoms with van der Waals surface area (Å²) in [6.45, 7) is 3.40. The summed E-state index contributed by atoms with van der Waals surface area (Å²) in [5.41, 5.74) is 0. The molecule has 48 heavy (non-hydrogen) atoms. The van der Waals surface area contributed by atoms with Gasteiger partial charge < -0.3 is 20.1 Å². The number of unbranched alkanes of at least 4 members (excludes halogenated alkanes) is 16. The molecule has 9 nitrogen and oxygen atoms in total. The van der Waals surface area contributed by atoms with Gasteiger partial charge in [0, 0.05) is 19.4 Å². The number of amides is 1. The summed E-state index contributed by atoms with van der Waals surface area (Å²) in [6, 6.07) is 0. The molecule has 2 unspecified atom stereocenters. The molecule has 0 fully saturated rings. The molecule has 0 saturated heterocycles. The number of hydrogen-bond donors (Lipinski definition) is 3. The Kier molecular flexibility index (Phi) is 33.8. The SMILES string of the molecule is CC/C=C\C/C=C\C/C=C\CCCCCCCC(=O)NCCOP(=O)(O)OCC(O)COC(=O)CCCCCCCCCCCCCC. The van der Waals surface area contributed by atoms with Crippen LogP contribution in [0.15, 0.2) is 36.5 Å². The fraction of sp³-hybridized carbons (Fsp3) is 0.789. The summed E-state index contributed by atoms with van der Waals surface area (Å²) in [4.78, 5) is 33.7. The van der Waals surface area contributed by atoms with Crippen molar-refractivity contribution in [2.75, 3.05) is 26.4 Å². The van der Waals surface area contributed by atoms with E-state index in [0.29, 0.717) is 6.42 Å². The van der Waals surface area contributed by atoms with E-state index < -0.39 is 26.5 Å². The second-order valence-electron chi connectivity index (χ2n) is 12.5. The average Bonchev–Trinajstić information content (AvgIpc) is 3.07. The van der Waals surface area contributed by atoms with Crippen molar-refractivity contribution in [2.24, 2.45) is 0 Å². The normalized spacial score (nSPS) is 13.8.